The van der Waals surface area contributed by atoms with E-state index < -0.39 is 23.2 Å². The molecule has 0 unspecified atom stereocenters. The highest BCUT2D eigenvalue weighted by Gasteiger charge is 2.82. The lowest BCUT2D eigenvalue weighted by molar-refractivity contribution is -0.305. The van der Waals surface area contributed by atoms with Gasteiger partial charge in [0.2, 0.25) is 0 Å². The average molecular weight is 457 g/mol. The molecule has 3 aliphatic rings. The third-order valence-electron chi connectivity index (χ3n) is 9.65. The Kier molecular flexibility index (Phi) is 5.57. The molecule has 0 amide bonds. The molecule has 1 saturated heterocycles. The number of benzene rings is 1. The summed E-state index contributed by atoms with van der Waals surface area (Å²) in [7, 11) is 1.60. The summed E-state index contributed by atoms with van der Waals surface area (Å²) in [5.41, 5.74) is 0.506. The Balaban J connectivity index is 1.74. The fraction of sp³-hybridized carbons (Fsp3) is 0.679. The molecule has 2 saturated carbocycles. The Morgan fingerprint density at radius 2 is 1.94 bits per heavy atom. The molecule has 1 aliphatic heterocycles. The molecule has 4 rings (SSSR count). The number of aliphatic hydroxyl groups is 1. The lowest BCUT2D eigenvalue weighted by Gasteiger charge is -2.70. The van der Waals surface area contributed by atoms with Gasteiger partial charge in [0.05, 0.1) is 30.3 Å². The van der Waals surface area contributed by atoms with Crippen LogP contribution >= 0.6 is 0 Å². The van der Waals surface area contributed by atoms with Crippen LogP contribution in [0.3, 0.4) is 0 Å². The number of aliphatic hydroxyl groups excluding tert-OH is 1. The number of rotatable bonds is 6. The van der Waals surface area contributed by atoms with E-state index in [1.54, 1.807) is 13.2 Å². The second-order valence-electron chi connectivity index (χ2n) is 11.8. The van der Waals surface area contributed by atoms with Crippen molar-refractivity contribution in [2.45, 2.75) is 91.0 Å². The molecule has 3 fully saturated rings. The largest absolute Gasteiger partial charge is 0.507 e. The predicted octanol–water partition coefficient (Wildman–Crippen LogP) is 5.14. The van der Waals surface area contributed by atoms with E-state index in [0.29, 0.717) is 24.2 Å². The van der Waals surface area contributed by atoms with Gasteiger partial charge in [0.15, 0.2) is 0 Å². The molecule has 2 aliphatic carbocycles. The van der Waals surface area contributed by atoms with Gasteiger partial charge in [-0.05, 0) is 75.6 Å². The number of phenols is 1. The minimum atomic E-state index is -0.688. The number of aromatic hydroxyl groups is 1. The number of fused-ring (bicyclic) bond motifs is 2. The van der Waals surface area contributed by atoms with Gasteiger partial charge in [0, 0.05) is 17.8 Å². The van der Waals surface area contributed by atoms with Gasteiger partial charge in [0.1, 0.15) is 17.3 Å². The van der Waals surface area contributed by atoms with Gasteiger partial charge in [-0.1, -0.05) is 32.4 Å². The van der Waals surface area contributed by atoms with Crippen LogP contribution in [0, 0.1) is 29.6 Å². The molecule has 1 spiro atoms. The topological polar surface area (TPSA) is 76.0 Å². The van der Waals surface area contributed by atoms with Crippen LogP contribution in [0.15, 0.2) is 24.3 Å². The first-order valence-corrected chi connectivity index (χ1v) is 12.2. The number of hydrogen-bond acceptors (Lipinski definition) is 5. The van der Waals surface area contributed by atoms with Crippen LogP contribution in [0.2, 0.25) is 0 Å². The van der Waals surface area contributed by atoms with Crippen LogP contribution in [0.1, 0.15) is 71.4 Å². The highest BCUT2D eigenvalue weighted by molar-refractivity contribution is 5.90. The molecule has 0 bridgehead atoms. The highest BCUT2D eigenvalue weighted by atomic mass is 16.6. The van der Waals surface area contributed by atoms with E-state index in [1.807, 2.05) is 33.8 Å². The van der Waals surface area contributed by atoms with Crippen LogP contribution in [-0.2, 0) is 16.0 Å². The summed E-state index contributed by atoms with van der Waals surface area (Å²) in [5, 5.41) is 21.6. The van der Waals surface area contributed by atoms with Crippen molar-refractivity contribution < 1.29 is 24.5 Å². The number of allylic oxidation sites excluding steroid dienone is 1. The monoisotopic (exact) mass is 456 g/mol. The van der Waals surface area contributed by atoms with Gasteiger partial charge in [-0.15, -0.1) is 0 Å². The van der Waals surface area contributed by atoms with Gasteiger partial charge >= 0.3 is 0 Å². The quantitative estimate of drug-likeness (QED) is 0.580. The molecule has 182 valence electrons. The van der Waals surface area contributed by atoms with Crippen LogP contribution in [-0.4, -0.2) is 40.4 Å². The minimum absolute atomic E-state index is 0.120. The van der Waals surface area contributed by atoms with Crippen LogP contribution in [0.25, 0.3) is 0 Å². The number of methoxy groups -OCH3 is 1. The summed E-state index contributed by atoms with van der Waals surface area (Å²) in [4.78, 5) is 14.4. The van der Waals surface area contributed by atoms with Gasteiger partial charge < -0.3 is 19.7 Å². The van der Waals surface area contributed by atoms with Crippen molar-refractivity contribution >= 4 is 5.78 Å². The van der Waals surface area contributed by atoms with Gasteiger partial charge in [-0.2, -0.15) is 0 Å². The molecule has 0 radical (unpaired) electrons. The third kappa shape index (κ3) is 3.15. The SMILES string of the molecule is C=C(C)[C@@H](Cc1cc(OC)cc(C)c1O)C(=O)[C@@H]1[C@]2(C)CCC[C@]2(C)[C@]12C[C@H](O)C(C)(C)O2. The van der Waals surface area contributed by atoms with E-state index in [9.17, 15) is 15.0 Å². The summed E-state index contributed by atoms with van der Waals surface area (Å²) in [6, 6.07) is 3.60. The molecule has 5 nitrogen and oxygen atoms in total. The average Bonchev–Trinajstić information content (AvgIpc) is 3.14. The second kappa shape index (κ2) is 7.58. The van der Waals surface area contributed by atoms with Crippen LogP contribution < -0.4 is 4.74 Å². The van der Waals surface area contributed by atoms with Crippen molar-refractivity contribution in [3.05, 3.63) is 35.4 Å². The highest BCUT2D eigenvalue weighted by Crippen LogP contribution is 2.79. The zero-order chi connectivity index (χ0) is 24.6. The zero-order valence-electron chi connectivity index (χ0n) is 21.2. The maximum absolute atomic E-state index is 14.4. The second-order valence-corrected chi connectivity index (χ2v) is 11.8. The fourth-order valence-electron chi connectivity index (χ4n) is 7.48. The Labute approximate surface area is 198 Å². The number of carbonyl (C=O) groups is 1. The molecule has 0 aromatic heterocycles. The third-order valence-corrected chi connectivity index (χ3v) is 9.65. The molecule has 1 aromatic carbocycles. The molecule has 5 heteroatoms. The number of phenolic OH excluding ortho intramolecular Hbond substituents is 1. The molecule has 1 aromatic rings. The van der Waals surface area contributed by atoms with E-state index in [1.165, 1.54) is 0 Å². The van der Waals surface area contributed by atoms with E-state index in [-0.39, 0.29) is 28.3 Å². The molecular formula is C28H40O5. The Morgan fingerprint density at radius 3 is 2.48 bits per heavy atom. The van der Waals surface area contributed by atoms with Gasteiger partial charge in [-0.25, -0.2) is 0 Å². The van der Waals surface area contributed by atoms with Gasteiger partial charge in [-0.3, -0.25) is 4.79 Å². The number of carbonyl (C=O) groups excluding carboxylic acids is 1. The van der Waals surface area contributed by atoms with E-state index >= 15 is 0 Å². The van der Waals surface area contributed by atoms with Crippen molar-refractivity contribution in [3.8, 4) is 11.5 Å². The van der Waals surface area contributed by atoms with E-state index in [2.05, 4.69) is 20.4 Å². The first-order valence-electron chi connectivity index (χ1n) is 12.2. The first-order chi connectivity index (χ1) is 15.2. The molecular weight excluding hydrogens is 416 g/mol. The maximum atomic E-state index is 14.4. The Bertz CT molecular complexity index is 996. The molecule has 1 heterocycles. The molecule has 33 heavy (non-hydrogen) atoms. The fourth-order valence-corrected chi connectivity index (χ4v) is 7.48. The van der Waals surface area contributed by atoms with Crippen molar-refractivity contribution in [3.63, 3.8) is 0 Å². The van der Waals surface area contributed by atoms with Crippen molar-refractivity contribution in [2.24, 2.45) is 22.7 Å². The zero-order valence-corrected chi connectivity index (χ0v) is 21.2. The molecule has 6 atom stereocenters. The predicted molar refractivity (Wildman–Crippen MR) is 128 cm³/mol. The van der Waals surface area contributed by atoms with Crippen molar-refractivity contribution in [1.82, 2.24) is 0 Å². The summed E-state index contributed by atoms with van der Waals surface area (Å²) >= 11 is 0. The van der Waals surface area contributed by atoms with Gasteiger partial charge in [0.25, 0.3) is 0 Å². The lowest BCUT2D eigenvalue weighted by Crippen LogP contribution is -2.75. The van der Waals surface area contributed by atoms with Crippen molar-refractivity contribution in [2.75, 3.05) is 7.11 Å². The lowest BCUT2D eigenvalue weighted by atomic mass is 9.36. The minimum Gasteiger partial charge on any atom is -0.507 e. The number of ether oxygens (including phenoxy) is 2. The van der Waals surface area contributed by atoms with Crippen molar-refractivity contribution in [1.29, 1.82) is 0 Å². The smallest absolute Gasteiger partial charge is 0.146 e. The van der Waals surface area contributed by atoms with Crippen LogP contribution in [0.4, 0.5) is 0 Å². The summed E-state index contributed by atoms with van der Waals surface area (Å²) < 4.78 is 12.1. The number of aryl methyl sites for hydroxylation is 1. The maximum Gasteiger partial charge on any atom is 0.146 e. The summed E-state index contributed by atoms with van der Waals surface area (Å²) in [6.45, 7) is 16.2. The number of Topliss-reactive ketones (excluding diaryl/α,β-unsaturated/α-hetero) is 1. The number of hydrogen-bond donors (Lipinski definition) is 2. The van der Waals surface area contributed by atoms with Crippen LogP contribution in [0.5, 0.6) is 11.5 Å². The standard InChI is InChI=1S/C28H40O5/c1-16(2)20(14-18-13-19(32-8)12-17(3)22(18)30)23(31)24-26(6)10-9-11-27(26,7)28(24)15-21(29)25(4,5)33-28/h12-13,20-21,24,29-30H,1,9-11,14-15H2,2-8H3/t20-,21+,24-,26+,27+,28+/m1/s1. The van der Waals surface area contributed by atoms with E-state index in [0.717, 1.165) is 30.4 Å². The molecule has 2 N–H and O–H groups in total. The van der Waals surface area contributed by atoms with E-state index in [4.69, 9.17) is 9.47 Å². The normalized spacial score (nSPS) is 37.5. The number of ketones is 1. The first kappa shape index (κ1) is 24.3. The summed E-state index contributed by atoms with van der Waals surface area (Å²) in [6.07, 6.45) is 3.28. The Hall–Kier alpha value is -1.85. The summed E-state index contributed by atoms with van der Waals surface area (Å²) in [5.74, 6) is 0.214. The Morgan fingerprint density at radius 1 is 1.27 bits per heavy atom.